The van der Waals surface area contributed by atoms with E-state index in [1.165, 1.54) is 50.1 Å². The Hall–Kier alpha value is -5.55. The highest BCUT2D eigenvalue weighted by Crippen LogP contribution is 2.47. The van der Waals surface area contributed by atoms with Gasteiger partial charge in [0.05, 0.1) is 22.4 Å². The summed E-state index contributed by atoms with van der Waals surface area (Å²) in [6.45, 7) is 28.1. The minimum Gasteiger partial charge on any atom is -0.457 e. The molecule has 2 aromatic heterocycles. The maximum atomic E-state index is 6.97. The molecule has 5 aromatic carbocycles. The molecule has 0 N–H and O–H groups in total. The number of anilines is 4. The summed E-state index contributed by atoms with van der Waals surface area (Å²) < 4.78 is 9.28. The fourth-order valence-electron chi connectivity index (χ4n) is 8.52. The van der Waals surface area contributed by atoms with E-state index in [9.17, 15) is 0 Å². The number of rotatable bonds is 8. The lowest BCUT2D eigenvalue weighted by atomic mass is 9.78. The van der Waals surface area contributed by atoms with E-state index < -0.39 is 0 Å². The number of nitrogens with zero attached hydrogens (tertiary/aromatic N) is 4. The number of hydrogen-bond acceptors (Lipinski definition) is 4. The van der Waals surface area contributed by atoms with Crippen molar-refractivity contribution in [2.75, 3.05) is 16.5 Å². The first-order chi connectivity index (χ1) is 27.9. The second kappa shape index (κ2) is 14.6. The van der Waals surface area contributed by atoms with E-state index in [-0.39, 0.29) is 21.7 Å². The van der Waals surface area contributed by atoms with E-state index >= 15 is 0 Å². The lowest BCUT2D eigenvalue weighted by Crippen LogP contribution is -2.25. The summed E-state index contributed by atoms with van der Waals surface area (Å²) in [5.74, 6) is 2.51. The van der Waals surface area contributed by atoms with E-state index in [2.05, 4.69) is 213 Å². The smallest absolute Gasteiger partial charge is 0.137 e. The summed E-state index contributed by atoms with van der Waals surface area (Å²) in [6, 6.07) is 42.5. The third-order valence-electron chi connectivity index (χ3n) is 12.9. The molecule has 0 saturated carbocycles. The van der Waals surface area contributed by atoms with Crippen LogP contribution in [0.2, 0.25) is 0 Å². The summed E-state index contributed by atoms with van der Waals surface area (Å²) in [5.41, 5.74) is 12.2. The van der Waals surface area contributed by atoms with Gasteiger partial charge in [0.2, 0.25) is 0 Å². The molecule has 0 aliphatic carbocycles. The summed E-state index contributed by atoms with van der Waals surface area (Å²) in [4.78, 5) is 9.85. The quantitative estimate of drug-likeness (QED) is 0.154. The first-order valence-electron chi connectivity index (χ1n) is 21.5. The average Bonchev–Trinajstić information content (AvgIpc) is 3.75. The van der Waals surface area contributed by atoms with Crippen molar-refractivity contribution in [2.24, 2.45) is 0 Å². The van der Waals surface area contributed by atoms with E-state index in [0.29, 0.717) is 6.67 Å². The van der Waals surface area contributed by atoms with Crippen molar-refractivity contribution in [2.45, 2.75) is 118 Å². The Morgan fingerprint density at radius 2 is 1.15 bits per heavy atom. The first-order valence-corrected chi connectivity index (χ1v) is 21.5. The van der Waals surface area contributed by atoms with Gasteiger partial charge in [-0.05, 0) is 130 Å². The van der Waals surface area contributed by atoms with Gasteiger partial charge in [0, 0.05) is 40.5 Å². The van der Waals surface area contributed by atoms with Crippen molar-refractivity contribution in [1.29, 1.82) is 0 Å². The first kappa shape index (κ1) is 40.2. The molecule has 1 aliphatic rings. The topological polar surface area (TPSA) is 33.5 Å². The average molecular weight is 783 g/mol. The fraction of sp³-hybridized carbons (Fsp3) is 0.352. The lowest BCUT2D eigenvalue weighted by Gasteiger charge is -2.29. The van der Waals surface area contributed by atoms with Gasteiger partial charge >= 0.3 is 0 Å². The molecule has 0 atom stereocenters. The van der Waals surface area contributed by atoms with Crippen LogP contribution in [0, 0.1) is 0 Å². The number of ether oxygens (including phenoxy) is 1. The van der Waals surface area contributed by atoms with Crippen LogP contribution in [-0.2, 0) is 21.7 Å². The minimum atomic E-state index is -0.100. The predicted molar refractivity (Wildman–Crippen MR) is 251 cm³/mol. The Kier molecular flexibility index (Phi) is 9.97. The van der Waals surface area contributed by atoms with Crippen molar-refractivity contribution < 1.29 is 4.74 Å². The van der Waals surface area contributed by atoms with Gasteiger partial charge in [-0.3, -0.25) is 4.57 Å². The van der Waals surface area contributed by atoms with Gasteiger partial charge in [-0.1, -0.05) is 113 Å². The fourth-order valence-corrected chi connectivity index (χ4v) is 8.52. The second-order valence-electron chi connectivity index (χ2n) is 20.0. The van der Waals surface area contributed by atoms with Crippen LogP contribution in [0.1, 0.15) is 118 Å². The molecule has 59 heavy (non-hydrogen) atoms. The van der Waals surface area contributed by atoms with Crippen LogP contribution in [0.3, 0.4) is 0 Å². The molecule has 1 aliphatic heterocycles. The van der Waals surface area contributed by atoms with E-state index in [0.717, 1.165) is 46.9 Å². The van der Waals surface area contributed by atoms with Gasteiger partial charge < -0.3 is 14.5 Å². The molecule has 0 spiro atoms. The number of fused-ring (bicyclic) bond motifs is 4. The zero-order valence-electron chi connectivity index (χ0n) is 37.4. The van der Waals surface area contributed by atoms with E-state index in [1.807, 2.05) is 6.20 Å². The number of hydrogen-bond donors (Lipinski definition) is 0. The highest BCUT2D eigenvalue weighted by Gasteiger charge is 2.31. The second-order valence-corrected chi connectivity index (χ2v) is 20.0. The van der Waals surface area contributed by atoms with Gasteiger partial charge in [0.15, 0.2) is 0 Å². The van der Waals surface area contributed by atoms with Crippen LogP contribution in [0.25, 0.3) is 27.6 Å². The molecule has 0 bridgehead atoms. The molecule has 0 unspecified atom stereocenters. The molecule has 304 valence electrons. The van der Waals surface area contributed by atoms with Crippen molar-refractivity contribution in [3.8, 4) is 17.3 Å². The standard InChI is InChI=1S/C54H62N4O/c1-13-54(12,14-2)38-18-17-19-40(28-38)56-35-57(48-21-16-15-20-47(48)56)41-29-39(53(9,10)11)30-43(33-41)59-42-23-24-44-45-31-36(51(3,4)5)22-25-46(45)58(49(44)34-42)50-32-37(26-27-55-50)52(6,7)8/h15-34H,13-14,35H2,1-12H3. The van der Waals surface area contributed by atoms with Gasteiger partial charge in [-0.2, -0.15) is 0 Å². The van der Waals surface area contributed by atoms with Crippen LogP contribution in [0.5, 0.6) is 11.5 Å². The summed E-state index contributed by atoms with van der Waals surface area (Å²) >= 11 is 0. The zero-order valence-corrected chi connectivity index (χ0v) is 37.4. The highest BCUT2D eigenvalue weighted by molar-refractivity contribution is 6.09. The van der Waals surface area contributed by atoms with Crippen LogP contribution in [0.15, 0.2) is 121 Å². The Morgan fingerprint density at radius 1 is 0.508 bits per heavy atom. The summed E-state index contributed by atoms with van der Waals surface area (Å²) in [5, 5.41) is 2.40. The van der Waals surface area contributed by atoms with E-state index in [1.54, 1.807) is 0 Å². The molecule has 8 rings (SSSR count). The number of para-hydroxylation sites is 2. The third kappa shape index (κ3) is 7.50. The largest absolute Gasteiger partial charge is 0.457 e. The SMILES string of the molecule is CCC(C)(CC)c1cccc(N2CN(c3cc(Oc4ccc5c6cc(C(C)(C)C)ccc6n(-c6cc(C(C)(C)C)ccn6)c5c4)cc(C(C)(C)C)c3)c3ccccc32)c1. The molecular weight excluding hydrogens is 721 g/mol. The Bertz CT molecular complexity index is 2680. The third-order valence-corrected chi connectivity index (χ3v) is 12.9. The van der Waals surface area contributed by atoms with Crippen molar-refractivity contribution in [3.63, 3.8) is 0 Å². The maximum Gasteiger partial charge on any atom is 0.137 e. The number of aromatic nitrogens is 2. The van der Waals surface area contributed by atoms with Crippen molar-refractivity contribution in [1.82, 2.24) is 9.55 Å². The highest BCUT2D eigenvalue weighted by atomic mass is 16.5. The molecule has 0 radical (unpaired) electrons. The molecule has 7 aromatic rings. The summed E-state index contributed by atoms with van der Waals surface area (Å²) in [6.07, 6.45) is 4.15. The monoisotopic (exact) mass is 782 g/mol. The minimum absolute atomic E-state index is 0.0116. The zero-order chi connectivity index (χ0) is 42.1. The molecule has 0 saturated heterocycles. The van der Waals surface area contributed by atoms with Crippen molar-refractivity contribution >= 4 is 44.6 Å². The van der Waals surface area contributed by atoms with Crippen LogP contribution in [0.4, 0.5) is 22.7 Å². The van der Waals surface area contributed by atoms with Gasteiger partial charge in [-0.15, -0.1) is 0 Å². The normalized spacial score (nSPS) is 13.8. The molecule has 3 heterocycles. The predicted octanol–water partition coefficient (Wildman–Crippen LogP) is 15.2. The number of benzene rings is 5. The van der Waals surface area contributed by atoms with Crippen LogP contribution in [-0.4, -0.2) is 16.2 Å². The Balaban J connectivity index is 1.23. The van der Waals surface area contributed by atoms with Crippen LogP contribution >= 0.6 is 0 Å². The maximum absolute atomic E-state index is 6.97. The number of pyridine rings is 1. The molecule has 5 nitrogen and oxygen atoms in total. The van der Waals surface area contributed by atoms with Crippen LogP contribution < -0.4 is 14.5 Å². The molecular formula is C54H62N4O. The van der Waals surface area contributed by atoms with E-state index in [4.69, 9.17) is 9.72 Å². The molecule has 5 heteroatoms. The van der Waals surface area contributed by atoms with Gasteiger partial charge in [0.25, 0.3) is 0 Å². The molecule has 0 fully saturated rings. The molecule has 0 amide bonds. The van der Waals surface area contributed by atoms with Crippen molar-refractivity contribution in [3.05, 3.63) is 144 Å². The Morgan fingerprint density at radius 3 is 1.81 bits per heavy atom. The lowest BCUT2D eigenvalue weighted by molar-refractivity contribution is 0.439. The Labute approximate surface area is 352 Å². The van der Waals surface area contributed by atoms with Gasteiger partial charge in [-0.25, -0.2) is 4.98 Å². The summed E-state index contributed by atoms with van der Waals surface area (Å²) in [7, 11) is 0. The van der Waals surface area contributed by atoms with Gasteiger partial charge in [0.1, 0.15) is 24.0 Å².